The molecule has 1 N–H and O–H groups in total. The first-order chi connectivity index (χ1) is 11.5. The van der Waals surface area contributed by atoms with Crippen molar-refractivity contribution in [2.24, 2.45) is 7.05 Å². The van der Waals surface area contributed by atoms with E-state index in [9.17, 15) is 4.79 Å². The predicted octanol–water partition coefficient (Wildman–Crippen LogP) is 2.83. The third kappa shape index (κ3) is 3.41. The van der Waals surface area contributed by atoms with Crippen molar-refractivity contribution in [3.8, 4) is 0 Å². The Morgan fingerprint density at radius 1 is 1.46 bits per heavy atom. The normalized spacial score (nSPS) is 20.4. The van der Waals surface area contributed by atoms with Gasteiger partial charge in [-0.3, -0.25) is 14.3 Å². The Kier molecular flexibility index (Phi) is 5.37. The van der Waals surface area contributed by atoms with Crippen LogP contribution in [0.4, 0.5) is 0 Å². The van der Waals surface area contributed by atoms with E-state index in [0.29, 0.717) is 11.4 Å². The van der Waals surface area contributed by atoms with E-state index in [0.717, 1.165) is 48.3 Å². The first-order valence-corrected chi connectivity index (χ1v) is 9.44. The van der Waals surface area contributed by atoms with Crippen molar-refractivity contribution in [1.82, 2.24) is 19.8 Å². The average molecular weight is 393 g/mol. The Balaban J connectivity index is 2.08. The van der Waals surface area contributed by atoms with Crippen molar-refractivity contribution in [3.63, 3.8) is 0 Å². The number of piperazine rings is 1. The molecule has 24 heavy (non-hydrogen) atoms. The van der Waals surface area contributed by atoms with Crippen LogP contribution in [0.15, 0.2) is 27.5 Å². The number of rotatable bonds is 4. The molecule has 0 amide bonds. The molecular weight excluding hydrogens is 368 g/mol. The SMILES string of the molecule is CCC[C@@H](c1nc2ccc(Br)cc2c(=O)n1C)N1CCN[C@@H](C)C1. The summed E-state index contributed by atoms with van der Waals surface area (Å²) in [5, 5.41) is 4.15. The van der Waals surface area contributed by atoms with E-state index < -0.39 is 0 Å². The number of fused-ring (bicyclic) bond motifs is 1. The van der Waals surface area contributed by atoms with Crippen molar-refractivity contribution in [2.75, 3.05) is 19.6 Å². The van der Waals surface area contributed by atoms with Gasteiger partial charge in [-0.1, -0.05) is 29.3 Å². The van der Waals surface area contributed by atoms with Crippen LogP contribution in [0.25, 0.3) is 10.9 Å². The number of nitrogens with zero attached hydrogens (tertiary/aromatic N) is 3. The lowest BCUT2D eigenvalue weighted by Gasteiger charge is -2.38. The van der Waals surface area contributed by atoms with Gasteiger partial charge in [0.25, 0.3) is 5.56 Å². The summed E-state index contributed by atoms with van der Waals surface area (Å²) in [6, 6.07) is 6.38. The summed E-state index contributed by atoms with van der Waals surface area (Å²) in [5.74, 6) is 0.880. The van der Waals surface area contributed by atoms with E-state index in [-0.39, 0.29) is 11.6 Å². The molecule has 5 nitrogen and oxygen atoms in total. The molecule has 1 aromatic heterocycles. The summed E-state index contributed by atoms with van der Waals surface area (Å²) in [4.78, 5) is 20.2. The fourth-order valence-electron chi connectivity index (χ4n) is 3.55. The van der Waals surface area contributed by atoms with Gasteiger partial charge in [0.1, 0.15) is 5.82 Å². The molecule has 1 aliphatic rings. The van der Waals surface area contributed by atoms with Gasteiger partial charge in [-0.2, -0.15) is 0 Å². The molecule has 0 unspecified atom stereocenters. The molecule has 6 heteroatoms. The monoisotopic (exact) mass is 392 g/mol. The molecule has 0 spiro atoms. The quantitative estimate of drug-likeness (QED) is 0.868. The first kappa shape index (κ1) is 17.6. The Bertz CT molecular complexity index is 788. The van der Waals surface area contributed by atoms with E-state index in [2.05, 4.69) is 40.0 Å². The Morgan fingerprint density at radius 2 is 2.25 bits per heavy atom. The van der Waals surface area contributed by atoms with Gasteiger partial charge in [0, 0.05) is 37.2 Å². The maximum absolute atomic E-state index is 12.8. The summed E-state index contributed by atoms with van der Waals surface area (Å²) < 4.78 is 2.64. The predicted molar refractivity (Wildman–Crippen MR) is 101 cm³/mol. The molecule has 0 aliphatic carbocycles. The van der Waals surface area contributed by atoms with Gasteiger partial charge in [0.2, 0.25) is 0 Å². The van der Waals surface area contributed by atoms with Gasteiger partial charge >= 0.3 is 0 Å². The Labute approximate surface area is 151 Å². The van der Waals surface area contributed by atoms with E-state index in [1.165, 1.54) is 0 Å². The Hall–Kier alpha value is -1.24. The molecule has 2 atom stereocenters. The van der Waals surface area contributed by atoms with E-state index in [1.54, 1.807) is 4.57 Å². The van der Waals surface area contributed by atoms with Crippen LogP contribution in [0.3, 0.4) is 0 Å². The minimum Gasteiger partial charge on any atom is -0.312 e. The molecule has 1 aliphatic heterocycles. The summed E-state index contributed by atoms with van der Waals surface area (Å²) in [6.07, 6.45) is 2.08. The molecular formula is C18H25BrN4O. The van der Waals surface area contributed by atoms with Crippen LogP contribution in [0.5, 0.6) is 0 Å². The van der Waals surface area contributed by atoms with Gasteiger partial charge in [-0.15, -0.1) is 0 Å². The van der Waals surface area contributed by atoms with E-state index >= 15 is 0 Å². The topological polar surface area (TPSA) is 50.2 Å². The fourth-order valence-corrected chi connectivity index (χ4v) is 3.91. The molecule has 0 saturated carbocycles. The highest BCUT2D eigenvalue weighted by Gasteiger charge is 2.27. The van der Waals surface area contributed by atoms with Gasteiger partial charge in [0.05, 0.1) is 16.9 Å². The summed E-state index contributed by atoms with van der Waals surface area (Å²) in [5.41, 5.74) is 0.807. The lowest BCUT2D eigenvalue weighted by atomic mass is 10.1. The minimum absolute atomic E-state index is 0.0283. The lowest BCUT2D eigenvalue weighted by molar-refractivity contribution is 0.132. The highest BCUT2D eigenvalue weighted by Crippen LogP contribution is 2.26. The van der Waals surface area contributed by atoms with Crippen LogP contribution in [0.2, 0.25) is 0 Å². The van der Waals surface area contributed by atoms with Crippen LogP contribution in [0.1, 0.15) is 38.6 Å². The fraction of sp³-hybridized carbons (Fsp3) is 0.556. The minimum atomic E-state index is 0.0283. The van der Waals surface area contributed by atoms with Crippen LogP contribution >= 0.6 is 15.9 Å². The molecule has 1 saturated heterocycles. The molecule has 2 aromatic rings. The zero-order chi connectivity index (χ0) is 17.3. The summed E-state index contributed by atoms with van der Waals surface area (Å²) >= 11 is 3.44. The van der Waals surface area contributed by atoms with Crippen molar-refractivity contribution < 1.29 is 0 Å². The highest BCUT2D eigenvalue weighted by atomic mass is 79.9. The third-order valence-electron chi connectivity index (χ3n) is 4.77. The maximum Gasteiger partial charge on any atom is 0.261 e. The zero-order valence-electron chi connectivity index (χ0n) is 14.6. The molecule has 2 heterocycles. The highest BCUT2D eigenvalue weighted by molar-refractivity contribution is 9.10. The van der Waals surface area contributed by atoms with Crippen LogP contribution in [0, 0.1) is 0 Å². The zero-order valence-corrected chi connectivity index (χ0v) is 16.1. The number of hydrogen-bond donors (Lipinski definition) is 1. The lowest BCUT2D eigenvalue weighted by Crippen LogP contribution is -2.51. The van der Waals surface area contributed by atoms with Crippen molar-refractivity contribution in [3.05, 3.63) is 38.9 Å². The molecule has 130 valence electrons. The molecule has 1 aromatic carbocycles. The first-order valence-electron chi connectivity index (χ1n) is 8.65. The third-order valence-corrected chi connectivity index (χ3v) is 5.27. The van der Waals surface area contributed by atoms with Crippen molar-refractivity contribution >= 4 is 26.8 Å². The number of nitrogens with one attached hydrogen (secondary N) is 1. The second kappa shape index (κ2) is 7.33. The van der Waals surface area contributed by atoms with E-state index in [4.69, 9.17) is 4.98 Å². The van der Waals surface area contributed by atoms with Gasteiger partial charge in [0.15, 0.2) is 0 Å². The second-order valence-electron chi connectivity index (χ2n) is 6.65. The summed E-state index contributed by atoms with van der Waals surface area (Å²) in [6.45, 7) is 7.35. The van der Waals surface area contributed by atoms with Crippen LogP contribution in [-0.2, 0) is 7.05 Å². The van der Waals surface area contributed by atoms with Crippen molar-refractivity contribution in [1.29, 1.82) is 0 Å². The number of aromatic nitrogens is 2. The average Bonchev–Trinajstić information content (AvgIpc) is 2.57. The smallest absolute Gasteiger partial charge is 0.261 e. The van der Waals surface area contributed by atoms with Crippen LogP contribution in [-0.4, -0.2) is 40.1 Å². The van der Waals surface area contributed by atoms with Gasteiger partial charge in [-0.05, 0) is 31.5 Å². The van der Waals surface area contributed by atoms with E-state index in [1.807, 2.05) is 25.2 Å². The number of hydrogen-bond acceptors (Lipinski definition) is 4. The van der Waals surface area contributed by atoms with Crippen LogP contribution < -0.4 is 10.9 Å². The molecule has 0 radical (unpaired) electrons. The maximum atomic E-state index is 12.8. The molecule has 1 fully saturated rings. The molecule has 3 rings (SSSR count). The second-order valence-corrected chi connectivity index (χ2v) is 7.57. The Morgan fingerprint density at radius 3 is 2.96 bits per heavy atom. The number of benzene rings is 1. The number of halogens is 1. The summed E-state index contributed by atoms with van der Waals surface area (Å²) in [7, 11) is 1.85. The van der Waals surface area contributed by atoms with Gasteiger partial charge in [-0.25, -0.2) is 4.98 Å². The van der Waals surface area contributed by atoms with Gasteiger partial charge < -0.3 is 5.32 Å². The molecule has 0 bridgehead atoms. The van der Waals surface area contributed by atoms with Crippen molar-refractivity contribution in [2.45, 2.75) is 38.8 Å². The standard InChI is InChI=1S/C18H25BrN4O/c1-4-5-16(23-9-8-20-12(2)11-23)17-21-15-7-6-13(19)10-14(15)18(24)22(17)3/h6-7,10,12,16,20H,4-5,8-9,11H2,1-3H3/t12-,16-/m0/s1. The largest absolute Gasteiger partial charge is 0.312 e.